The summed E-state index contributed by atoms with van der Waals surface area (Å²) in [6.07, 6.45) is 14.4. The molecule has 0 saturated heterocycles. The van der Waals surface area contributed by atoms with Crippen LogP contribution in [0, 0.1) is 0 Å². The smallest absolute Gasteiger partial charge is 0.143 e. The topological polar surface area (TPSA) is 25.6 Å². The van der Waals surface area contributed by atoms with Crippen molar-refractivity contribution in [3.63, 3.8) is 0 Å². The molecule has 1 aromatic heterocycles. The summed E-state index contributed by atoms with van der Waals surface area (Å²) >= 11 is 1.97. The highest BCUT2D eigenvalue weighted by atomic mass is 32.2. The molecule has 276 valence electrons. The van der Waals surface area contributed by atoms with Crippen molar-refractivity contribution < 1.29 is 9.15 Å². The first-order chi connectivity index (χ1) is 28.7. The van der Waals surface area contributed by atoms with E-state index in [1.165, 1.54) is 38.3 Å². The zero-order valence-corrected chi connectivity index (χ0v) is 32.4. The molecule has 2 aliphatic heterocycles. The third-order valence-corrected chi connectivity index (χ3v) is 13.6. The number of ether oxygens (including phenoxy) is 1. The van der Waals surface area contributed by atoms with Gasteiger partial charge < -0.3 is 14.1 Å². The summed E-state index contributed by atoms with van der Waals surface area (Å²) in [5.41, 5.74) is 15.0. The van der Waals surface area contributed by atoms with E-state index < -0.39 is 0 Å². The monoisotopic (exact) mass is 763 g/mol. The maximum absolute atomic E-state index is 6.45. The van der Waals surface area contributed by atoms with E-state index in [1.807, 2.05) is 30.0 Å². The fourth-order valence-electron chi connectivity index (χ4n) is 9.36. The highest BCUT2D eigenvalue weighted by Crippen LogP contribution is 2.50. The first kappa shape index (κ1) is 33.4. The maximum Gasteiger partial charge on any atom is 0.143 e. The number of allylic oxidation sites excluding steroid dienone is 7. The molecule has 4 aliphatic rings. The molecule has 8 aromatic rings. The lowest BCUT2D eigenvalue weighted by Gasteiger charge is -2.27. The standard InChI is InChI=1S/C54H37NO2S/c1-5-20-50-43(14-1)46-18-9-17-42(54(46)57-50)34-22-26-39(27-23-34)55(40-12-7-10-35(30-40)37-24-28-51-47(32-37)44-15-2-4-19-49(44)56-51)41-13-8-11-36(31-41)38-25-29-53-48(33-38)45-16-3-6-21-52(45)58-53/h1-31,33,45,47,52H,32H2. The van der Waals surface area contributed by atoms with Crippen LogP contribution in [0.2, 0.25) is 0 Å². The van der Waals surface area contributed by atoms with Gasteiger partial charge in [-0.15, -0.1) is 11.8 Å². The minimum Gasteiger partial charge on any atom is -0.461 e. The first-order valence-electron chi connectivity index (χ1n) is 20.1. The normalized spacial score (nSPS) is 18.6. The molecule has 2 aliphatic carbocycles. The summed E-state index contributed by atoms with van der Waals surface area (Å²) < 4.78 is 12.7. The van der Waals surface area contributed by atoms with Crippen LogP contribution in [0.25, 0.3) is 49.8 Å². The van der Waals surface area contributed by atoms with Crippen molar-refractivity contribution in [3.8, 4) is 28.0 Å². The number of rotatable bonds is 6. The van der Waals surface area contributed by atoms with Crippen LogP contribution >= 0.6 is 11.8 Å². The fourth-order valence-corrected chi connectivity index (χ4v) is 10.7. The van der Waals surface area contributed by atoms with Crippen molar-refractivity contribution >= 4 is 56.3 Å². The Balaban J connectivity index is 0.946. The zero-order chi connectivity index (χ0) is 38.2. The quantitative estimate of drug-likeness (QED) is 0.168. The van der Waals surface area contributed by atoms with Gasteiger partial charge in [-0.1, -0.05) is 127 Å². The van der Waals surface area contributed by atoms with Crippen molar-refractivity contribution in [1.29, 1.82) is 0 Å². The molecule has 4 heteroatoms. The highest BCUT2D eigenvalue weighted by Gasteiger charge is 2.33. The Hall–Kier alpha value is -6.75. The molecule has 58 heavy (non-hydrogen) atoms. The summed E-state index contributed by atoms with van der Waals surface area (Å²) in [4.78, 5) is 3.78. The van der Waals surface area contributed by atoms with Gasteiger partial charge in [0.25, 0.3) is 0 Å². The van der Waals surface area contributed by atoms with Gasteiger partial charge in [-0.25, -0.2) is 0 Å². The zero-order valence-electron chi connectivity index (χ0n) is 31.6. The van der Waals surface area contributed by atoms with Crippen molar-refractivity contribution in [2.24, 2.45) is 0 Å². The van der Waals surface area contributed by atoms with Crippen LogP contribution in [0.15, 0.2) is 209 Å². The van der Waals surface area contributed by atoms with Crippen LogP contribution in [-0.2, 0) is 0 Å². The summed E-state index contributed by atoms with van der Waals surface area (Å²) in [6.45, 7) is 0. The summed E-state index contributed by atoms with van der Waals surface area (Å²) in [7, 11) is 0. The van der Waals surface area contributed by atoms with Gasteiger partial charge in [0.15, 0.2) is 0 Å². The Morgan fingerprint density at radius 2 is 1.29 bits per heavy atom. The molecule has 0 amide bonds. The number of furan rings is 1. The molecule has 0 saturated carbocycles. The van der Waals surface area contributed by atoms with Crippen LogP contribution in [0.3, 0.4) is 0 Å². The minimum absolute atomic E-state index is 0.234. The van der Waals surface area contributed by atoms with E-state index in [-0.39, 0.29) is 5.92 Å². The fraction of sp³-hybridized carbons (Fsp3) is 0.0741. The van der Waals surface area contributed by atoms with E-state index in [2.05, 4.69) is 181 Å². The molecule has 0 spiro atoms. The number of benzene rings is 7. The Labute approximate surface area is 341 Å². The van der Waals surface area contributed by atoms with Crippen LogP contribution in [0.5, 0.6) is 5.75 Å². The van der Waals surface area contributed by atoms with E-state index in [1.54, 1.807) is 0 Å². The second kappa shape index (κ2) is 13.4. The lowest BCUT2D eigenvalue weighted by Crippen LogP contribution is -2.11. The molecule has 3 unspecified atom stereocenters. The Morgan fingerprint density at radius 3 is 2.21 bits per heavy atom. The van der Waals surface area contributed by atoms with Gasteiger partial charge in [-0.3, -0.25) is 0 Å². The van der Waals surface area contributed by atoms with Gasteiger partial charge in [-0.05, 0) is 107 Å². The predicted octanol–water partition coefficient (Wildman–Crippen LogP) is 14.9. The molecule has 3 atom stereocenters. The Kier molecular flexibility index (Phi) is 7.74. The average Bonchev–Trinajstić information content (AvgIpc) is 3.98. The molecule has 0 fully saturated rings. The lowest BCUT2D eigenvalue weighted by atomic mass is 9.85. The summed E-state index contributed by atoms with van der Waals surface area (Å²) in [5, 5.41) is 2.75. The molecule has 0 radical (unpaired) electrons. The molecule has 12 rings (SSSR count). The van der Waals surface area contributed by atoms with Gasteiger partial charge >= 0.3 is 0 Å². The molecule has 0 bridgehead atoms. The van der Waals surface area contributed by atoms with Gasteiger partial charge in [0.05, 0.1) is 0 Å². The highest BCUT2D eigenvalue weighted by molar-refractivity contribution is 8.00. The molecule has 3 heterocycles. The Bertz CT molecular complexity index is 3070. The summed E-state index contributed by atoms with van der Waals surface area (Å²) in [5.74, 6) is 2.66. The summed E-state index contributed by atoms with van der Waals surface area (Å²) in [6, 6.07) is 57.1. The molecule has 0 N–H and O–H groups in total. The van der Waals surface area contributed by atoms with Crippen molar-refractivity contribution in [3.05, 3.63) is 217 Å². The van der Waals surface area contributed by atoms with E-state index in [9.17, 15) is 0 Å². The molecular formula is C54H37NO2S. The first-order valence-corrected chi connectivity index (χ1v) is 20.9. The minimum atomic E-state index is 0.234. The van der Waals surface area contributed by atoms with Crippen molar-refractivity contribution in [1.82, 2.24) is 0 Å². The third-order valence-electron chi connectivity index (χ3n) is 12.2. The second-order valence-corrected chi connectivity index (χ2v) is 16.8. The van der Waals surface area contributed by atoms with Gasteiger partial charge in [0.2, 0.25) is 0 Å². The number of thioether (sulfide) groups is 1. The Morgan fingerprint density at radius 1 is 0.552 bits per heavy atom. The van der Waals surface area contributed by atoms with Crippen molar-refractivity contribution in [2.75, 3.05) is 4.90 Å². The number of hydrogen-bond acceptors (Lipinski definition) is 4. The third kappa shape index (κ3) is 5.51. The molecular weight excluding hydrogens is 727 g/mol. The number of anilines is 3. The SMILES string of the molecule is C1=CC2Sc3ccc(-c4cccc(N(c5ccc(-c6cccc7c6oc6ccccc67)cc5)c5cccc(C6=CC=C7Oc8ccccc8C7C6)c5)c4)cc3C2C=C1. The van der Waals surface area contributed by atoms with Crippen molar-refractivity contribution in [2.45, 2.75) is 28.4 Å². The predicted molar refractivity (Wildman–Crippen MR) is 240 cm³/mol. The number of hydrogen-bond donors (Lipinski definition) is 0. The number of fused-ring (bicyclic) bond motifs is 9. The van der Waals surface area contributed by atoms with Gasteiger partial charge in [-0.2, -0.15) is 0 Å². The van der Waals surface area contributed by atoms with Crippen LogP contribution in [0.1, 0.15) is 34.9 Å². The van der Waals surface area contributed by atoms with Crippen LogP contribution < -0.4 is 9.64 Å². The van der Waals surface area contributed by atoms with Crippen LogP contribution in [0.4, 0.5) is 17.1 Å². The van der Waals surface area contributed by atoms with Crippen LogP contribution in [-0.4, -0.2) is 5.25 Å². The average molecular weight is 764 g/mol. The van der Waals surface area contributed by atoms with Gasteiger partial charge in [0.1, 0.15) is 22.7 Å². The van der Waals surface area contributed by atoms with Gasteiger partial charge in [0, 0.05) is 60.9 Å². The number of para-hydroxylation sites is 3. The van der Waals surface area contributed by atoms with E-state index in [0.29, 0.717) is 11.2 Å². The molecule has 7 aromatic carbocycles. The maximum atomic E-state index is 6.45. The van der Waals surface area contributed by atoms with E-state index in [0.717, 1.165) is 68.1 Å². The lowest BCUT2D eigenvalue weighted by molar-refractivity contribution is 0.426. The molecule has 3 nitrogen and oxygen atoms in total. The number of nitrogens with zero attached hydrogens (tertiary/aromatic N) is 1. The largest absolute Gasteiger partial charge is 0.461 e. The van der Waals surface area contributed by atoms with E-state index in [4.69, 9.17) is 9.15 Å². The van der Waals surface area contributed by atoms with E-state index >= 15 is 0 Å². The second-order valence-electron chi connectivity index (χ2n) is 15.6.